The molecule has 166 valence electrons. The fraction of sp³-hybridized carbons (Fsp3) is 0.238. The van der Waals surface area contributed by atoms with Gasteiger partial charge in [0.1, 0.15) is 23.8 Å². The Labute approximate surface area is 181 Å². The van der Waals surface area contributed by atoms with Gasteiger partial charge in [0, 0.05) is 38.4 Å². The molecule has 1 aliphatic rings. The van der Waals surface area contributed by atoms with Crippen LogP contribution >= 0.6 is 0 Å². The van der Waals surface area contributed by atoms with Crippen molar-refractivity contribution >= 4 is 23.4 Å². The highest BCUT2D eigenvalue weighted by molar-refractivity contribution is 5.95. The number of nitrogens with one attached hydrogen (secondary N) is 1. The molecule has 0 saturated carbocycles. The molecule has 0 spiro atoms. The number of carbonyl (C=O) groups is 1. The van der Waals surface area contributed by atoms with Gasteiger partial charge in [0.25, 0.3) is 5.91 Å². The van der Waals surface area contributed by atoms with Gasteiger partial charge in [-0.2, -0.15) is 4.39 Å². The summed E-state index contributed by atoms with van der Waals surface area (Å²) in [6.07, 6.45) is 3.08. The lowest BCUT2D eigenvalue weighted by atomic mass is 10.1. The molecule has 3 aromatic rings. The van der Waals surface area contributed by atoms with Crippen molar-refractivity contribution in [3.8, 4) is 5.75 Å². The van der Waals surface area contributed by atoms with Gasteiger partial charge >= 0.3 is 0 Å². The van der Waals surface area contributed by atoms with Gasteiger partial charge in [0.2, 0.25) is 5.82 Å². The predicted molar refractivity (Wildman–Crippen MR) is 111 cm³/mol. The highest BCUT2D eigenvalue weighted by Crippen LogP contribution is 2.28. The second kappa shape index (κ2) is 9.08. The maximum Gasteiger partial charge on any atom is 0.257 e. The molecular formula is C21H19F3N6O2. The quantitative estimate of drug-likeness (QED) is 0.606. The van der Waals surface area contributed by atoms with Crippen LogP contribution in [-0.4, -0.2) is 59.0 Å². The van der Waals surface area contributed by atoms with Gasteiger partial charge in [-0.25, -0.2) is 23.7 Å². The maximum absolute atomic E-state index is 14.5. The largest absolute Gasteiger partial charge is 0.491 e. The summed E-state index contributed by atoms with van der Waals surface area (Å²) in [5.74, 6) is -3.85. The van der Waals surface area contributed by atoms with Crippen LogP contribution in [-0.2, 0) is 0 Å². The molecule has 1 saturated heterocycles. The van der Waals surface area contributed by atoms with E-state index < -0.39 is 34.7 Å². The van der Waals surface area contributed by atoms with Crippen molar-refractivity contribution in [3.05, 3.63) is 65.9 Å². The smallest absolute Gasteiger partial charge is 0.257 e. The molecule has 11 heteroatoms. The third-order valence-corrected chi connectivity index (χ3v) is 5.02. The number of amides is 1. The van der Waals surface area contributed by atoms with Gasteiger partial charge in [-0.05, 0) is 18.2 Å². The van der Waals surface area contributed by atoms with Gasteiger partial charge < -0.3 is 19.9 Å². The monoisotopic (exact) mass is 444 g/mol. The Balaban J connectivity index is 1.44. The molecule has 1 aliphatic heterocycles. The third-order valence-electron chi connectivity index (χ3n) is 5.02. The molecule has 0 aliphatic carbocycles. The van der Waals surface area contributed by atoms with Crippen molar-refractivity contribution < 1.29 is 22.7 Å². The first-order chi connectivity index (χ1) is 15.5. The Morgan fingerprint density at radius 2 is 1.78 bits per heavy atom. The van der Waals surface area contributed by atoms with E-state index in [4.69, 9.17) is 0 Å². The molecule has 0 unspecified atom stereocenters. The lowest BCUT2D eigenvalue weighted by Gasteiger charge is -2.35. The average molecular weight is 444 g/mol. The number of carbonyl (C=O) groups excluding carboxylic acids is 1. The normalized spacial score (nSPS) is 13.8. The van der Waals surface area contributed by atoms with E-state index >= 15 is 0 Å². The van der Waals surface area contributed by atoms with Crippen molar-refractivity contribution in [2.45, 2.75) is 0 Å². The number of benzene rings is 1. The van der Waals surface area contributed by atoms with Crippen LogP contribution in [0, 0.1) is 17.5 Å². The summed E-state index contributed by atoms with van der Waals surface area (Å²) in [7, 11) is 1.01. The first-order valence-corrected chi connectivity index (χ1v) is 9.73. The summed E-state index contributed by atoms with van der Waals surface area (Å²) in [5.41, 5.74) is -0.571. The van der Waals surface area contributed by atoms with Crippen molar-refractivity contribution in [3.63, 3.8) is 0 Å². The number of rotatable bonds is 5. The lowest BCUT2D eigenvalue weighted by Crippen LogP contribution is -2.49. The molecule has 32 heavy (non-hydrogen) atoms. The summed E-state index contributed by atoms with van der Waals surface area (Å²) in [6.45, 7) is 1.31. The number of ether oxygens (including phenoxy) is 1. The molecule has 4 rings (SSSR count). The first kappa shape index (κ1) is 21.3. The highest BCUT2D eigenvalue weighted by Gasteiger charge is 2.29. The number of nitrogens with zero attached hydrogens (tertiary/aromatic N) is 5. The zero-order chi connectivity index (χ0) is 22.7. The van der Waals surface area contributed by atoms with Crippen LogP contribution < -0.4 is 15.0 Å². The Hall–Kier alpha value is -3.89. The van der Waals surface area contributed by atoms with E-state index in [1.54, 1.807) is 24.4 Å². The van der Waals surface area contributed by atoms with Crippen LogP contribution in [0.2, 0.25) is 0 Å². The minimum atomic E-state index is -1.47. The standard InChI is InChI=1S/C21H19F3N6O2/c1-32-20-18(23)13(10-14(22)19(20)24)21(31)30-8-6-29(7-9-30)17-11-16(26-12-27-17)28-15-4-2-3-5-25-15/h2-5,10-12H,6-9H2,1H3,(H,25,26,27,28). The Bertz CT molecular complexity index is 1120. The molecule has 1 amide bonds. The number of piperazine rings is 1. The van der Waals surface area contributed by atoms with Gasteiger partial charge in [0.15, 0.2) is 17.4 Å². The minimum absolute atomic E-state index is 0.243. The van der Waals surface area contributed by atoms with E-state index in [1.807, 2.05) is 11.0 Å². The van der Waals surface area contributed by atoms with Crippen LogP contribution in [0.1, 0.15) is 10.4 Å². The number of hydrogen-bond acceptors (Lipinski definition) is 7. The molecule has 0 atom stereocenters. The van der Waals surface area contributed by atoms with E-state index in [-0.39, 0.29) is 13.1 Å². The summed E-state index contributed by atoms with van der Waals surface area (Å²) in [6, 6.07) is 7.77. The van der Waals surface area contributed by atoms with Crippen molar-refractivity contribution in [2.75, 3.05) is 43.5 Å². The van der Waals surface area contributed by atoms with E-state index in [0.29, 0.717) is 36.6 Å². The Kier molecular flexibility index (Phi) is 6.06. The minimum Gasteiger partial charge on any atom is -0.491 e. The second-order valence-corrected chi connectivity index (χ2v) is 6.95. The number of pyridine rings is 1. The van der Waals surface area contributed by atoms with Crippen molar-refractivity contribution in [2.24, 2.45) is 0 Å². The van der Waals surface area contributed by atoms with Crippen LogP contribution in [0.3, 0.4) is 0 Å². The molecule has 1 fully saturated rings. The van der Waals surface area contributed by atoms with Crippen molar-refractivity contribution in [1.29, 1.82) is 0 Å². The van der Waals surface area contributed by atoms with Crippen LogP contribution in [0.25, 0.3) is 0 Å². The first-order valence-electron chi connectivity index (χ1n) is 9.73. The third kappa shape index (κ3) is 4.27. The molecule has 0 bridgehead atoms. The molecule has 1 aromatic carbocycles. The Morgan fingerprint density at radius 3 is 2.47 bits per heavy atom. The molecule has 2 aromatic heterocycles. The topological polar surface area (TPSA) is 83.5 Å². The molecule has 8 nitrogen and oxygen atoms in total. The number of methoxy groups -OCH3 is 1. The molecule has 0 radical (unpaired) electrons. The number of anilines is 3. The van der Waals surface area contributed by atoms with Gasteiger partial charge in [-0.15, -0.1) is 0 Å². The summed E-state index contributed by atoms with van der Waals surface area (Å²) < 4.78 is 46.5. The number of aromatic nitrogens is 3. The van der Waals surface area contributed by atoms with E-state index in [1.165, 1.54) is 11.2 Å². The van der Waals surface area contributed by atoms with Gasteiger partial charge in [-0.1, -0.05) is 6.07 Å². The SMILES string of the molecule is COc1c(F)c(F)cc(C(=O)N2CCN(c3cc(Nc4ccccn4)ncn3)CC2)c1F. The summed E-state index contributed by atoms with van der Waals surface area (Å²) in [5, 5.41) is 3.09. The van der Waals surface area contributed by atoms with Crippen molar-refractivity contribution in [1.82, 2.24) is 19.9 Å². The Morgan fingerprint density at radius 1 is 1.00 bits per heavy atom. The highest BCUT2D eigenvalue weighted by atomic mass is 19.2. The number of halogens is 3. The summed E-state index contributed by atoms with van der Waals surface area (Å²) in [4.78, 5) is 28.7. The second-order valence-electron chi connectivity index (χ2n) is 6.95. The van der Waals surface area contributed by atoms with Gasteiger partial charge in [-0.3, -0.25) is 4.79 Å². The molecule has 1 N–H and O–H groups in total. The van der Waals surface area contributed by atoms with Gasteiger partial charge in [0.05, 0.1) is 12.7 Å². The lowest BCUT2D eigenvalue weighted by molar-refractivity contribution is 0.0740. The van der Waals surface area contributed by atoms with Crippen LogP contribution in [0.15, 0.2) is 42.9 Å². The molecule has 3 heterocycles. The van der Waals surface area contributed by atoms with Crippen LogP contribution in [0.4, 0.5) is 30.6 Å². The van der Waals surface area contributed by atoms with E-state index in [0.717, 1.165) is 7.11 Å². The number of hydrogen-bond donors (Lipinski definition) is 1. The fourth-order valence-corrected chi connectivity index (χ4v) is 3.38. The predicted octanol–water partition coefficient (Wildman–Crippen LogP) is 3.00. The zero-order valence-corrected chi connectivity index (χ0v) is 17.1. The van der Waals surface area contributed by atoms with E-state index in [9.17, 15) is 18.0 Å². The fourth-order valence-electron chi connectivity index (χ4n) is 3.38. The molecular weight excluding hydrogens is 425 g/mol. The summed E-state index contributed by atoms with van der Waals surface area (Å²) >= 11 is 0. The van der Waals surface area contributed by atoms with Crippen LogP contribution in [0.5, 0.6) is 5.75 Å². The maximum atomic E-state index is 14.5. The average Bonchev–Trinajstić information content (AvgIpc) is 2.82. The van der Waals surface area contributed by atoms with E-state index in [2.05, 4.69) is 25.0 Å². The zero-order valence-electron chi connectivity index (χ0n) is 17.1.